The first-order valence-electron chi connectivity index (χ1n) is 7.27. The van der Waals surface area contributed by atoms with Crippen LogP contribution in [0.1, 0.15) is 19.8 Å². The zero-order valence-corrected chi connectivity index (χ0v) is 16.1. The molecule has 0 aromatic rings. The molecule has 7 heteroatoms. The Balaban J connectivity index is 4.11. The molecule has 0 radical (unpaired) electrons. The van der Waals surface area contributed by atoms with E-state index in [0.717, 1.165) is 25.5 Å². The van der Waals surface area contributed by atoms with Gasteiger partial charge in [-0.2, -0.15) is 0 Å². The van der Waals surface area contributed by atoms with Crippen molar-refractivity contribution in [2.75, 3.05) is 27.3 Å². The predicted molar refractivity (Wildman–Crippen MR) is 86.8 cm³/mol. The summed E-state index contributed by atoms with van der Waals surface area (Å²) >= 11 is 0. The van der Waals surface area contributed by atoms with Crippen LogP contribution in [0, 0.1) is 0 Å². The van der Waals surface area contributed by atoms with Crippen LogP contribution in [0.5, 0.6) is 0 Å². The van der Waals surface area contributed by atoms with Crippen LogP contribution in [0.15, 0.2) is 0 Å². The monoisotopic (exact) mass is 321 g/mol. The Morgan fingerprint density at radius 1 is 1.20 bits per heavy atom. The lowest BCUT2D eigenvalue weighted by molar-refractivity contribution is 0.159. The first-order chi connectivity index (χ1) is 9.13. The lowest BCUT2D eigenvalue weighted by Gasteiger charge is -2.27. The van der Waals surface area contributed by atoms with Crippen molar-refractivity contribution < 1.29 is 18.1 Å². The van der Waals surface area contributed by atoms with E-state index in [1.165, 1.54) is 0 Å². The number of rotatable bonds is 9. The predicted octanol–water partition coefficient (Wildman–Crippen LogP) is 3.42. The molecule has 0 aliphatic carbocycles. The molecule has 0 N–H and O–H groups in total. The van der Waals surface area contributed by atoms with Crippen molar-refractivity contribution in [1.29, 1.82) is 0 Å². The molecule has 0 saturated heterocycles. The van der Waals surface area contributed by atoms with Gasteiger partial charge in [-0.1, -0.05) is 6.92 Å². The Kier molecular flexibility index (Phi) is 8.64. The third kappa shape index (κ3) is 8.73. The van der Waals surface area contributed by atoms with Gasteiger partial charge in [0.1, 0.15) is 0 Å². The number of amides is 1. The summed E-state index contributed by atoms with van der Waals surface area (Å²) in [7, 11) is -0.386. The standard InChI is InChI=1S/C13H31NO4Si2/c1-8-11-17-20(7,16-3)12-9-10-14(2)13(15)18-19(4,5)6/h8-12H2,1-7H3. The molecule has 0 fully saturated rings. The van der Waals surface area contributed by atoms with E-state index in [2.05, 4.69) is 13.5 Å². The molecule has 5 nitrogen and oxygen atoms in total. The Bertz CT molecular complexity index is 297. The molecule has 20 heavy (non-hydrogen) atoms. The molecule has 120 valence electrons. The third-order valence-electron chi connectivity index (χ3n) is 2.87. The lowest BCUT2D eigenvalue weighted by Crippen LogP contribution is -2.40. The third-order valence-corrected chi connectivity index (χ3v) is 6.60. The van der Waals surface area contributed by atoms with Gasteiger partial charge in [-0.15, -0.1) is 0 Å². The summed E-state index contributed by atoms with van der Waals surface area (Å²) < 4.78 is 16.8. The highest BCUT2D eigenvalue weighted by Crippen LogP contribution is 2.16. The van der Waals surface area contributed by atoms with Crippen molar-refractivity contribution in [3.63, 3.8) is 0 Å². The minimum Gasteiger partial charge on any atom is -0.504 e. The molecule has 1 amide bonds. The quantitative estimate of drug-likeness (QED) is 0.611. The first-order valence-corrected chi connectivity index (χ1v) is 13.2. The van der Waals surface area contributed by atoms with Gasteiger partial charge in [0.05, 0.1) is 0 Å². The van der Waals surface area contributed by atoms with Crippen molar-refractivity contribution >= 4 is 23.0 Å². The maximum atomic E-state index is 11.8. The van der Waals surface area contributed by atoms with Gasteiger partial charge >= 0.3 is 14.7 Å². The van der Waals surface area contributed by atoms with Crippen LogP contribution in [0.4, 0.5) is 4.79 Å². The molecule has 0 spiro atoms. The summed E-state index contributed by atoms with van der Waals surface area (Å²) in [6.07, 6.45) is 1.64. The molecule has 0 bridgehead atoms. The van der Waals surface area contributed by atoms with Gasteiger partial charge in [0, 0.05) is 27.3 Å². The SMILES string of the molecule is CCCO[Si](C)(CCCN(C)C(=O)O[Si](C)(C)C)OC. The minimum atomic E-state index is -2.06. The Labute approximate surface area is 126 Å². The van der Waals surface area contributed by atoms with Gasteiger partial charge in [0.25, 0.3) is 0 Å². The van der Waals surface area contributed by atoms with Crippen molar-refractivity contribution in [2.24, 2.45) is 0 Å². The topological polar surface area (TPSA) is 48.0 Å². The molecule has 0 aromatic carbocycles. The maximum Gasteiger partial charge on any atom is 0.395 e. The molecule has 0 aromatic heterocycles. The molecule has 0 aliphatic heterocycles. The van der Waals surface area contributed by atoms with Gasteiger partial charge in [-0.05, 0) is 45.1 Å². The van der Waals surface area contributed by atoms with E-state index in [4.69, 9.17) is 13.3 Å². The second kappa shape index (κ2) is 8.81. The lowest BCUT2D eigenvalue weighted by atomic mass is 10.4. The molecule has 0 heterocycles. The van der Waals surface area contributed by atoms with Crippen LogP contribution in [0.3, 0.4) is 0 Å². The fraction of sp³-hybridized carbons (Fsp3) is 0.923. The second-order valence-corrected chi connectivity index (χ2v) is 14.1. The van der Waals surface area contributed by atoms with Crippen molar-refractivity contribution in [1.82, 2.24) is 4.90 Å². The highest BCUT2D eigenvalue weighted by atomic mass is 28.4. The second-order valence-electron chi connectivity index (χ2n) is 6.19. The zero-order valence-electron chi connectivity index (χ0n) is 14.1. The van der Waals surface area contributed by atoms with Crippen LogP contribution >= 0.6 is 0 Å². The van der Waals surface area contributed by atoms with E-state index in [-0.39, 0.29) is 6.09 Å². The summed E-state index contributed by atoms with van der Waals surface area (Å²) in [5.74, 6) is 0. The average Bonchev–Trinajstić information content (AvgIpc) is 2.34. The van der Waals surface area contributed by atoms with Crippen LogP contribution in [0.2, 0.25) is 32.2 Å². The molecule has 0 rings (SSSR count). The Hall–Kier alpha value is -0.376. The van der Waals surface area contributed by atoms with Crippen LogP contribution in [-0.4, -0.2) is 55.2 Å². The number of hydrogen-bond donors (Lipinski definition) is 0. The van der Waals surface area contributed by atoms with E-state index in [1.54, 1.807) is 19.1 Å². The van der Waals surface area contributed by atoms with Crippen LogP contribution in [-0.2, 0) is 13.3 Å². The zero-order chi connectivity index (χ0) is 15.8. The van der Waals surface area contributed by atoms with Crippen LogP contribution < -0.4 is 0 Å². The van der Waals surface area contributed by atoms with Gasteiger partial charge in [0.15, 0.2) is 0 Å². The van der Waals surface area contributed by atoms with E-state index in [9.17, 15) is 4.79 Å². The van der Waals surface area contributed by atoms with Gasteiger partial charge in [-0.25, -0.2) is 4.79 Å². The van der Waals surface area contributed by atoms with Crippen molar-refractivity contribution in [2.45, 2.75) is 52.0 Å². The molecule has 1 atom stereocenters. The van der Waals surface area contributed by atoms with E-state index < -0.39 is 16.9 Å². The number of hydrogen-bond acceptors (Lipinski definition) is 4. The number of carbonyl (C=O) groups is 1. The normalized spacial score (nSPS) is 14.8. The minimum absolute atomic E-state index is 0.223. The fourth-order valence-electron chi connectivity index (χ4n) is 1.62. The smallest absolute Gasteiger partial charge is 0.395 e. The highest BCUT2D eigenvalue weighted by Gasteiger charge is 2.30. The van der Waals surface area contributed by atoms with Gasteiger partial charge in [-0.3, -0.25) is 0 Å². The fourth-order valence-corrected chi connectivity index (χ4v) is 4.20. The average molecular weight is 322 g/mol. The van der Waals surface area contributed by atoms with Gasteiger partial charge in [0.2, 0.25) is 8.32 Å². The van der Waals surface area contributed by atoms with E-state index in [0.29, 0.717) is 6.54 Å². The summed E-state index contributed by atoms with van der Waals surface area (Å²) in [6, 6.07) is 0.883. The van der Waals surface area contributed by atoms with Crippen molar-refractivity contribution in [3.05, 3.63) is 0 Å². The largest absolute Gasteiger partial charge is 0.504 e. The Morgan fingerprint density at radius 3 is 2.25 bits per heavy atom. The summed E-state index contributed by atoms with van der Waals surface area (Å²) in [6.45, 7) is 11.6. The summed E-state index contributed by atoms with van der Waals surface area (Å²) in [5, 5.41) is 0. The highest BCUT2D eigenvalue weighted by molar-refractivity contribution is 6.71. The van der Waals surface area contributed by atoms with E-state index in [1.807, 2.05) is 19.6 Å². The molecular formula is C13H31NO4Si2. The molecular weight excluding hydrogens is 290 g/mol. The first kappa shape index (κ1) is 19.6. The summed E-state index contributed by atoms with van der Waals surface area (Å²) in [5.41, 5.74) is 0. The number of nitrogens with zero attached hydrogens (tertiary/aromatic N) is 1. The molecule has 0 aliphatic rings. The van der Waals surface area contributed by atoms with Crippen molar-refractivity contribution in [3.8, 4) is 0 Å². The maximum absolute atomic E-state index is 11.8. The van der Waals surface area contributed by atoms with E-state index >= 15 is 0 Å². The molecule has 0 saturated carbocycles. The molecule has 1 unspecified atom stereocenters. The van der Waals surface area contributed by atoms with Gasteiger partial charge < -0.3 is 18.2 Å². The Morgan fingerprint density at radius 2 is 1.80 bits per heavy atom. The number of carbonyl (C=O) groups excluding carboxylic acids is 1. The summed E-state index contributed by atoms with van der Waals surface area (Å²) in [4.78, 5) is 13.5. The van der Waals surface area contributed by atoms with Crippen LogP contribution in [0.25, 0.3) is 0 Å².